The maximum atomic E-state index is 12.0. The SMILES string of the molecule is O=C(C1CCCCCC1)N1CC(CO)C1. The first-order chi connectivity index (χ1) is 7.31. The molecule has 1 aliphatic carbocycles. The third kappa shape index (κ3) is 2.51. The van der Waals surface area contributed by atoms with Crippen LogP contribution in [0.1, 0.15) is 38.5 Å². The highest BCUT2D eigenvalue weighted by Gasteiger charge is 2.33. The molecule has 2 fully saturated rings. The molecule has 1 saturated carbocycles. The van der Waals surface area contributed by atoms with Gasteiger partial charge in [-0.05, 0) is 12.8 Å². The first-order valence-electron chi connectivity index (χ1n) is 6.21. The molecule has 0 aromatic rings. The number of hydrogen-bond donors (Lipinski definition) is 1. The van der Waals surface area contributed by atoms with Crippen molar-refractivity contribution in [3.63, 3.8) is 0 Å². The molecule has 1 saturated heterocycles. The molecule has 3 nitrogen and oxygen atoms in total. The van der Waals surface area contributed by atoms with Gasteiger partial charge in [-0.1, -0.05) is 25.7 Å². The lowest BCUT2D eigenvalue weighted by Crippen LogP contribution is -2.53. The van der Waals surface area contributed by atoms with Crippen molar-refractivity contribution >= 4 is 5.91 Å². The van der Waals surface area contributed by atoms with Gasteiger partial charge in [0.2, 0.25) is 5.91 Å². The Bertz CT molecular complexity index is 216. The highest BCUT2D eigenvalue weighted by atomic mass is 16.3. The zero-order valence-electron chi connectivity index (χ0n) is 9.32. The molecule has 0 spiro atoms. The summed E-state index contributed by atoms with van der Waals surface area (Å²) in [4.78, 5) is 14.0. The molecule has 2 rings (SSSR count). The van der Waals surface area contributed by atoms with Crippen LogP contribution < -0.4 is 0 Å². The average Bonchev–Trinajstić information content (AvgIpc) is 2.43. The second kappa shape index (κ2) is 4.97. The zero-order valence-corrected chi connectivity index (χ0v) is 9.32. The Morgan fingerprint density at radius 1 is 1.13 bits per heavy atom. The summed E-state index contributed by atoms with van der Waals surface area (Å²) in [6.07, 6.45) is 7.19. The minimum Gasteiger partial charge on any atom is -0.396 e. The van der Waals surface area contributed by atoms with Crippen molar-refractivity contribution in [2.24, 2.45) is 11.8 Å². The number of likely N-dealkylation sites (tertiary alicyclic amines) is 1. The van der Waals surface area contributed by atoms with Crippen LogP contribution in [0.3, 0.4) is 0 Å². The van der Waals surface area contributed by atoms with Crippen LogP contribution in [0, 0.1) is 11.8 Å². The van der Waals surface area contributed by atoms with E-state index in [1.807, 2.05) is 4.90 Å². The summed E-state index contributed by atoms with van der Waals surface area (Å²) in [6.45, 7) is 1.80. The number of aliphatic hydroxyl groups excluding tert-OH is 1. The summed E-state index contributed by atoms with van der Waals surface area (Å²) in [6, 6.07) is 0. The molecular formula is C12H21NO2. The van der Waals surface area contributed by atoms with Crippen LogP contribution in [-0.4, -0.2) is 35.6 Å². The van der Waals surface area contributed by atoms with E-state index in [0.29, 0.717) is 11.8 Å². The fraction of sp³-hybridized carbons (Fsp3) is 0.917. The highest BCUT2D eigenvalue weighted by Crippen LogP contribution is 2.27. The molecule has 1 aliphatic heterocycles. The van der Waals surface area contributed by atoms with E-state index in [1.165, 1.54) is 25.7 Å². The van der Waals surface area contributed by atoms with Gasteiger partial charge >= 0.3 is 0 Å². The Balaban J connectivity index is 1.80. The van der Waals surface area contributed by atoms with Gasteiger partial charge in [-0.25, -0.2) is 0 Å². The van der Waals surface area contributed by atoms with Gasteiger partial charge in [0.05, 0.1) is 0 Å². The molecule has 0 unspecified atom stereocenters. The number of carbonyl (C=O) groups is 1. The number of rotatable bonds is 2. The minimum absolute atomic E-state index is 0.231. The lowest BCUT2D eigenvalue weighted by atomic mass is 9.94. The Morgan fingerprint density at radius 3 is 2.27 bits per heavy atom. The van der Waals surface area contributed by atoms with E-state index in [1.54, 1.807) is 0 Å². The van der Waals surface area contributed by atoms with Crippen LogP contribution in [-0.2, 0) is 4.79 Å². The molecule has 3 heteroatoms. The summed E-state index contributed by atoms with van der Waals surface area (Å²) < 4.78 is 0. The van der Waals surface area contributed by atoms with Crippen molar-refractivity contribution in [1.29, 1.82) is 0 Å². The number of hydrogen-bond acceptors (Lipinski definition) is 2. The van der Waals surface area contributed by atoms with Crippen molar-refractivity contribution < 1.29 is 9.90 Å². The van der Waals surface area contributed by atoms with Gasteiger partial charge in [0.15, 0.2) is 0 Å². The van der Waals surface area contributed by atoms with Crippen LogP contribution in [0.2, 0.25) is 0 Å². The summed E-state index contributed by atoms with van der Waals surface area (Å²) in [5, 5.41) is 8.90. The van der Waals surface area contributed by atoms with Crippen molar-refractivity contribution in [1.82, 2.24) is 4.90 Å². The summed E-state index contributed by atoms with van der Waals surface area (Å²) >= 11 is 0. The predicted molar refractivity (Wildman–Crippen MR) is 58.3 cm³/mol. The summed E-state index contributed by atoms with van der Waals surface area (Å²) in [5.41, 5.74) is 0. The van der Waals surface area contributed by atoms with Gasteiger partial charge in [0.25, 0.3) is 0 Å². The molecular weight excluding hydrogens is 190 g/mol. The van der Waals surface area contributed by atoms with Crippen molar-refractivity contribution in [2.45, 2.75) is 38.5 Å². The smallest absolute Gasteiger partial charge is 0.225 e. The van der Waals surface area contributed by atoms with Gasteiger partial charge < -0.3 is 10.0 Å². The van der Waals surface area contributed by atoms with Crippen molar-refractivity contribution in [2.75, 3.05) is 19.7 Å². The molecule has 0 aromatic carbocycles. The Hall–Kier alpha value is -0.570. The molecule has 1 heterocycles. The Kier molecular flexibility index (Phi) is 3.62. The first-order valence-corrected chi connectivity index (χ1v) is 6.21. The van der Waals surface area contributed by atoms with E-state index in [9.17, 15) is 4.79 Å². The highest BCUT2D eigenvalue weighted by molar-refractivity contribution is 5.79. The third-order valence-corrected chi connectivity index (χ3v) is 3.73. The van der Waals surface area contributed by atoms with E-state index in [2.05, 4.69) is 0 Å². The molecule has 2 aliphatic rings. The molecule has 0 bridgehead atoms. The third-order valence-electron chi connectivity index (χ3n) is 3.73. The second-order valence-electron chi connectivity index (χ2n) is 4.98. The number of nitrogens with zero attached hydrogens (tertiary/aromatic N) is 1. The predicted octanol–water partition coefficient (Wildman–Crippen LogP) is 1.41. The molecule has 0 atom stereocenters. The van der Waals surface area contributed by atoms with Gasteiger partial charge in [0.1, 0.15) is 0 Å². The molecule has 0 aromatic heterocycles. The minimum atomic E-state index is 0.231. The Morgan fingerprint density at radius 2 is 1.73 bits per heavy atom. The quantitative estimate of drug-likeness (QED) is 0.701. The maximum Gasteiger partial charge on any atom is 0.225 e. The topological polar surface area (TPSA) is 40.5 Å². The van der Waals surface area contributed by atoms with Crippen LogP contribution in [0.4, 0.5) is 0 Å². The summed E-state index contributed by atoms with van der Waals surface area (Å²) in [7, 11) is 0. The fourth-order valence-corrected chi connectivity index (χ4v) is 2.65. The maximum absolute atomic E-state index is 12.0. The largest absolute Gasteiger partial charge is 0.396 e. The van der Waals surface area contributed by atoms with E-state index < -0.39 is 0 Å². The number of aliphatic hydroxyl groups is 1. The van der Waals surface area contributed by atoms with E-state index in [-0.39, 0.29) is 12.5 Å². The lowest BCUT2D eigenvalue weighted by molar-refractivity contribution is -0.143. The van der Waals surface area contributed by atoms with Crippen molar-refractivity contribution in [3.8, 4) is 0 Å². The molecule has 15 heavy (non-hydrogen) atoms. The van der Waals surface area contributed by atoms with E-state index in [0.717, 1.165) is 25.9 Å². The molecule has 1 amide bonds. The average molecular weight is 211 g/mol. The Labute approximate surface area is 91.5 Å². The van der Waals surface area contributed by atoms with Gasteiger partial charge in [0, 0.05) is 31.5 Å². The van der Waals surface area contributed by atoms with E-state index >= 15 is 0 Å². The molecule has 86 valence electrons. The van der Waals surface area contributed by atoms with Crippen LogP contribution in [0.5, 0.6) is 0 Å². The monoisotopic (exact) mass is 211 g/mol. The van der Waals surface area contributed by atoms with Gasteiger partial charge in [-0.3, -0.25) is 4.79 Å². The zero-order chi connectivity index (χ0) is 10.7. The second-order valence-corrected chi connectivity index (χ2v) is 4.98. The number of carbonyl (C=O) groups excluding carboxylic acids is 1. The normalized spacial score (nSPS) is 24.7. The van der Waals surface area contributed by atoms with E-state index in [4.69, 9.17) is 5.11 Å². The van der Waals surface area contributed by atoms with Gasteiger partial charge in [-0.15, -0.1) is 0 Å². The lowest BCUT2D eigenvalue weighted by Gasteiger charge is -2.40. The fourth-order valence-electron chi connectivity index (χ4n) is 2.65. The summed E-state index contributed by atoms with van der Waals surface area (Å²) in [5.74, 6) is 0.980. The number of amides is 1. The van der Waals surface area contributed by atoms with Crippen LogP contribution in [0.25, 0.3) is 0 Å². The van der Waals surface area contributed by atoms with Crippen molar-refractivity contribution in [3.05, 3.63) is 0 Å². The molecule has 0 radical (unpaired) electrons. The standard InChI is InChI=1S/C12H21NO2/c14-9-10-7-13(8-10)12(15)11-5-3-1-2-4-6-11/h10-11,14H,1-9H2. The first kappa shape index (κ1) is 10.9. The molecule has 1 N–H and O–H groups in total. The van der Waals surface area contributed by atoms with Crippen LogP contribution >= 0.6 is 0 Å². The van der Waals surface area contributed by atoms with Gasteiger partial charge in [-0.2, -0.15) is 0 Å². The van der Waals surface area contributed by atoms with Crippen LogP contribution in [0.15, 0.2) is 0 Å².